The van der Waals surface area contributed by atoms with Gasteiger partial charge in [-0.25, -0.2) is 4.79 Å². The predicted molar refractivity (Wildman–Crippen MR) is 81.0 cm³/mol. The van der Waals surface area contributed by atoms with Gasteiger partial charge in [-0.3, -0.25) is 0 Å². The van der Waals surface area contributed by atoms with E-state index in [0.717, 1.165) is 5.69 Å². The molecule has 20 heavy (non-hydrogen) atoms. The van der Waals surface area contributed by atoms with Crippen LogP contribution in [-0.2, 0) is 11.3 Å². The topological polar surface area (TPSA) is 38.3 Å². The van der Waals surface area contributed by atoms with Gasteiger partial charge in [-0.2, -0.15) is 0 Å². The number of para-hydroxylation sites is 1. The lowest BCUT2D eigenvalue weighted by Crippen LogP contribution is -2.08. The molecule has 0 aliphatic heterocycles. The summed E-state index contributed by atoms with van der Waals surface area (Å²) >= 11 is 0. The normalized spacial score (nSPS) is 10.2. The highest BCUT2D eigenvalue weighted by atomic mass is 16.5. The summed E-state index contributed by atoms with van der Waals surface area (Å²) < 4.78 is 4.79. The van der Waals surface area contributed by atoms with Gasteiger partial charge in [0.05, 0.1) is 12.7 Å². The second-order valence-electron chi connectivity index (χ2n) is 4.82. The number of ether oxygens (including phenoxy) is 1. The van der Waals surface area contributed by atoms with E-state index in [4.69, 9.17) is 4.74 Å². The molecule has 0 atom stereocenters. The number of benzene rings is 2. The number of rotatable bonds is 4. The van der Waals surface area contributed by atoms with Crippen LogP contribution >= 0.6 is 0 Å². The lowest BCUT2D eigenvalue weighted by molar-refractivity contribution is 0.0602. The largest absolute Gasteiger partial charge is 0.465 e. The van der Waals surface area contributed by atoms with Crippen molar-refractivity contribution < 1.29 is 9.53 Å². The van der Waals surface area contributed by atoms with E-state index in [2.05, 4.69) is 37.4 Å². The number of nitrogens with one attached hydrogen (secondary N) is 1. The lowest BCUT2D eigenvalue weighted by Gasteiger charge is -2.12. The molecule has 0 radical (unpaired) electrons. The summed E-state index contributed by atoms with van der Waals surface area (Å²) in [5.41, 5.74) is 5.06. The van der Waals surface area contributed by atoms with Gasteiger partial charge in [-0.15, -0.1) is 0 Å². The quantitative estimate of drug-likeness (QED) is 0.860. The molecular formula is C17H19NO2. The van der Waals surface area contributed by atoms with Gasteiger partial charge in [0.25, 0.3) is 0 Å². The van der Waals surface area contributed by atoms with E-state index in [1.165, 1.54) is 23.8 Å². The minimum absolute atomic E-state index is 0.325. The number of carbonyl (C=O) groups excluding carboxylic acids is 1. The summed E-state index contributed by atoms with van der Waals surface area (Å²) in [7, 11) is 1.39. The Morgan fingerprint density at radius 2 is 1.90 bits per heavy atom. The van der Waals surface area contributed by atoms with Crippen molar-refractivity contribution in [3.8, 4) is 0 Å². The van der Waals surface area contributed by atoms with Gasteiger partial charge in [0.1, 0.15) is 0 Å². The van der Waals surface area contributed by atoms with Crippen molar-refractivity contribution in [3.05, 3.63) is 64.7 Å². The van der Waals surface area contributed by atoms with E-state index in [9.17, 15) is 4.79 Å². The van der Waals surface area contributed by atoms with E-state index < -0.39 is 0 Å². The Bertz CT molecular complexity index is 620. The summed E-state index contributed by atoms with van der Waals surface area (Å²) in [5.74, 6) is -0.325. The van der Waals surface area contributed by atoms with E-state index in [1.807, 2.05) is 18.2 Å². The van der Waals surface area contributed by atoms with Crippen molar-refractivity contribution in [2.45, 2.75) is 20.4 Å². The molecule has 0 spiro atoms. The molecule has 3 heteroatoms. The van der Waals surface area contributed by atoms with Crippen LogP contribution in [0.3, 0.4) is 0 Å². The summed E-state index contributed by atoms with van der Waals surface area (Å²) in [4.78, 5) is 11.7. The fourth-order valence-electron chi connectivity index (χ4n) is 2.16. The first-order valence-corrected chi connectivity index (χ1v) is 6.59. The number of carbonyl (C=O) groups is 1. The summed E-state index contributed by atoms with van der Waals surface area (Å²) in [6.45, 7) is 4.85. The summed E-state index contributed by atoms with van der Waals surface area (Å²) in [6, 6.07) is 13.7. The average molecular weight is 269 g/mol. The van der Waals surface area contributed by atoms with Crippen LogP contribution in [0.4, 0.5) is 5.69 Å². The third kappa shape index (κ3) is 3.18. The Labute approximate surface area is 119 Å². The zero-order valence-electron chi connectivity index (χ0n) is 12.1. The average Bonchev–Trinajstić information content (AvgIpc) is 2.46. The smallest absolute Gasteiger partial charge is 0.339 e. The molecule has 2 rings (SSSR count). The first kappa shape index (κ1) is 14.1. The maximum atomic E-state index is 11.7. The van der Waals surface area contributed by atoms with Crippen molar-refractivity contribution >= 4 is 11.7 Å². The molecule has 0 heterocycles. The highest BCUT2D eigenvalue weighted by molar-refractivity contribution is 5.95. The summed E-state index contributed by atoms with van der Waals surface area (Å²) in [6.07, 6.45) is 0. The molecule has 0 amide bonds. The molecule has 0 saturated carbocycles. The van der Waals surface area contributed by atoms with Gasteiger partial charge in [0.2, 0.25) is 0 Å². The van der Waals surface area contributed by atoms with E-state index in [-0.39, 0.29) is 5.97 Å². The molecule has 0 bridgehead atoms. The summed E-state index contributed by atoms with van der Waals surface area (Å²) in [5, 5.41) is 3.30. The monoisotopic (exact) mass is 269 g/mol. The Morgan fingerprint density at radius 3 is 2.60 bits per heavy atom. The Kier molecular flexibility index (Phi) is 4.41. The standard InChI is InChI=1S/C17H19NO2/c1-12-8-9-14(13(2)10-12)11-18-16-7-5-4-6-15(16)17(19)20-3/h4-10,18H,11H2,1-3H3. The number of hydrogen-bond acceptors (Lipinski definition) is 3. The molecular weight excluding hydrogens is 250 g/mol. The zero-order valence-corrected chi connectivity index (χ0v) is 12.1. The molecule has 0 aliphatic carbocycles. The minimum atomic E-state index is -0.325. The molecule has 2 aromatic carbocycles. The molecule has 2 aromatic rings. The van der Waals surface area contributed by atoms with Gasteiger partial charge in [-0.05, 0) is 37.1 Å². The highest BCUT2D eigenvalue weighted by Gasteiger charge is 2.10. The molecule has 1 N–H and O–H groups in total. The van der Waals surface area contributed by atoms with E-state index >= 15 is 0 Å². The molecule has 0 aliphatic rings. The molecule has 0 unspecified atom stereocenters. The highest BCUT2D eigenvalue weighted by Crippen LogP contribution is 2.18. The third-order valence-corrected chi connectivity index (χ3v) is 3.30. The van der Waals surface area contributed by atoms with Crippen molar-refractivity contribution in [3.63, 3.8) is 0 Å². The minimum Gasteiger partial charge on any atom is -0.465 e. The fourth-order valence-corrected chi connectivity index (χ4v) is 2.16. The van der Waals surface area contributed by atoms with Crippen LogP contribution in [0.25, 0.3) is 0 Å². The Hall–Kier alpha value is -2.29. The zero-order chi connectivity index (χ0) is 14.5. The molecule has 0 aromatic heterocycles. The maximum absolute atomic E-state index is 11.7. The first-order valence-electron chi connectivity index (χ1n) is 6.59. The molecule has 0 fully saturated rings. The molecule has 3 nitrogen and oxygen atoms in total. The number of methoxy groups -OCH3 is 1. The third-order valence-electron chi connectivity index (χ3n) is 3.30. The second kappa shape index (κ2) is 6.24. The van der Waals surface area contributed by atoms with Gasteiger partial charge >= 0.3 is 5.97 Å². The van der Waals surface area contributed by atoms with Crippen LogP contribution in [0.1, 0.15) is 27.0 Å². The number of anilines is 1. The van der Waals surface area contributed by atoms with E-state index in [0.29, 0.717) is 12.1 Å². The van der Waals surface area contributed by atoms with Crippen LogP contribution in [0.15, 0.2) is 42.5 Å². The van der Waals surface area contributed by atoms with Gasteiger partial charge < -0.3 is 10.1 Å². The van der Waals surface area contributed by atoms with Crippen LogP contribution in [0.2, 0.25) is 0 Å². The first-order chi connectivity index (χ1) is 9.61. The van der Waals surface area contributed by atoms with Crippen molar-refractivity contribution in [2.24, 2.45) is 0 Å². The second-order valence-corrected chi connectivity index (χ2v) is 4.82. The Morgan fingerprint density at radius 1 is 1.15 bits per heavy atom. The SMILES string of the molecule is COC(=O)c1ccccc1NCc1ccc(C)cc1C. The van der Waals surface area contributed by atoms with Gasteiger partial charge in [0.15, 0.2) is 0 Å². The number of hydrogen-bond donors (Lipinski definition) is 1. The van der Waals surface area contributed by atoms with E-state index in [1.54, 1.807) is 6.07 Å². The van der Waals surface area contributed by atoms with Gasteiger partial charge in [-0.1, -0.05) is 35.9 Å². The van der Waals surface area contributed by atoms with Crippen molar-refractivity contribution in [2.75, 3.05) is 12.4 Å². The van der Waals surface area contributed by atoms with Crippen LogP contribution < -0.4 is 5.32 Å². The van der Waals surface area contributed by atoms with Gasteiger partial charge in [0, 0.05) is 12.2 Å². The fraction of sp³-hybridized carbons (Fsp3) is 0.235. The Balaban J connectivity index is 2.17. The lowest BCUT2D eigenvalue weighted by atomic mass is 10.1. The molecule has 0 saturated heterocycles. The van der Waals surface area contributed by atoms with Crippen molar-refractivity contribution in [1.82, 2.24) is 0 Å². The van der Waals surface area contributed by atoms with Crippen LogP contribution in [0, 0.1) is 13.8 Å². The number of esters is 1. The van der Waals surface area contributed by atoms with Crippen molar-refractivity contribution in [1.29, 1.82) is 0 Å². The van der Waals surface area contributed by atoms with Crippen LogP contribution in [-0.4, -0.2) is 13.1 Å². The predicted octanol–water partition coefficient (Wildman–Crippen LogP) is 3.70. The molecule has 104 valence electrons. The number of aryl methyl sites for hydroxylation is 2. The maximum Gasteiger partial charge on any atom is 0.339 e. The van der Waals surface area contributed by atoms with Crippen LogP contribution in [0.5, 0.6) is 0 Å².